The molecule has 1 aliphatic rings. The van der Waals surface area contributed by atoms with Crippen LogP contribution in [0.5, 0.6) is 0 Å². The molecule has 4 nitrogen and oxygen atoms in total. The van der Waals surface area contributed by atoms with Gasteiger partial charge in [-0.15, -0.1) is 0 Å². The zero-order chi connectivity index (χ0) is 12.3. The standard InChI is InChI=1S/C12H16ClN3O/c13-9-3-1-8(2-4-9)6-16-12(17)11-5-10(14)7-15-11/h1-4,10-11,15H,5-7,14H2,(H,16,17)/t10-,11-/m0/s1. The van der Waals surface area contributed by atoms with Gasteiger partial charge in [-0.25, -0.2) is 0 Å². The molecule has 1 aliphatic heterocycles. The number of nitrogens with two attached hydrogens (primary N) is 1. The number of hydrogen-bond acceptors (Lipinski definition) is 3. The van der Waals surface area contributed by atoms with Gasteiger partial charge in [-0.3, -0.25) is 4.79 Å². The third-order valence-corrected chi connectivity index (χ3v) is 3.11. The Morgan fingerprint density at radius 2 is 2.18 bits per heavy atom. The largest absolute Gasteiger partial charge is 0.351 e. The fourth-order valence-corrected chi connectivity index (χ4v) is 2.00. The average Bonchev–Trinajstić information content (AvgIpc) is 2.75. The van der Waals surface area contributed by atoms with E-state index in [2.05, 4.69) is 10.6 Å². The van der Waals surface area contributed by atoms with Gasteiger partial charge >= 0.3 is 0 Å². The molecule has 2 atom stereocenters. The number of amides is 1. The van der Waals surface area contributed by atoms with Crippen LogP contribution in [0, 0.1) is 0 Å². The molecule has 1 fully saturated rings. The van der Waals surface area contributed by atoms with Crippen LogP contribution in [-0.4, -0.2) is 24.5 Å². The van der Waals surface area contributed by atoms with Crippen molar-refractivity contribution in [3.8, 4) is 0 Å². The van der Waals surface area contributed by atoms with Crippen molar-refractivity contribution in [2.45, 2.75) is 25.0 Å². The van der Waals surface area contributed by atoms with Crippen molar-refractivity contribution < 1.29 is 4.79 Å². The summed E-state index contributed by atoms with van der Waals surface area (Å²) >= 11 is 5.78. The van der Waals surface area contributed by atoms with Crippen LogP contribution in [0.4, 0.5) is 0 Å². The van der Waals surface area contributed by atoms with Crippen molar-refractivity contribution in [1.29, 1.82) is 0 Å². The summed E-state index contributed by atoms with van der Waals surface area (Å²) < 4.78 is 0. The number of nitrogens with one attached hydrogen (secondary N) is 2. The SMILES string of the molecule is N[C@@H]1CN[C@H](C(=O)NCc2ccc(Cl)cc2)C1. The maximum atomic E-state index is 11.8. The van der Waals surface area contributed by atoms with E-state index in [9.17, 15) is 4.79 Å². The second kappa shape index (κ2) is 5.49. The van der Waals surface area contributed by atoms with Gasteiger partial charge in [0.1, 0.15) is 0 Å². The summed E-state index contributed by atoms with van der Waals surface area (Å²) in [6.07, 6.45) is 0.701. The van der Waals surface area contributed by atoms with Crippen LogP contribution >= 0.6 is 11.6 Å². The van der Waals surface area contributed by atoms with Gasteiger partial charge in [0.2, 0.25) is 5.91 Å². The first-order valence-electron chi connectivity index (χ1n) is 5.66. The summed E-state index contributed by atoms with van der Waals surface area (Å²) in [5.74, 6) is 0.00731. The molecule has 1 aromatic rings. The predicted octanol–water partition coefficient (Wildman–Crippen LogP) is 0.645. The van der Waals surface area contributed by atoms with E-state index in [-0.39, 0.29) is 18.0 Å². The van der Waals surface area contributed by atoms with Crippen LogP contribution in [0.15, 0.2) is 24.3 Å². The molecule has 0 unspecified atom stereocenters. The summed E-state index contributed by atoms with van der Waals surface area (Å²) in [7, 11) is 0. The van der Waals surface area contributed by atoms with Gasteiger partial charge in [-0.05, 0) is 24.1 Å². The summed E-state index contributed by atoms with van der Waals surface area (Å²) in [6, 6.07) is 7.35. The first-order chi connectivity index (χ1) is 8.15. The van der Waals surface area contributed by atoms with E-state index in [0.717, 1.165) is 5.56 Å². The van der Waals surface area contributed by atoms with Crippen LogP contribution in [0.25, 0.3) is 0 Å². The molecule has 1 heterocycles. The number of hydrogen-bond donors (Lipinski definition) is 3. The number of carbonyl (C=O) groups is 1. The second-order valence-electron chi connectivity index (χ2n) is 4.30. The zero-order valence-corrected chi connectivity index (χ0v) is 10.2. The molecule has 92 valence electrons. The fourth-order valence-electron chi connectivity index (χ4n) is 1.88. The Hall–Kier alpha value is -1.10. The van der Waals surface area contributed by atoms with Gasteiger partial charge in [-0.1, -0.05) is 23.7 Å². The number of rotatable bonds is 3. The summed E-state index contributed by atoms with van der Waals surface area (Å²) in [4.78, 5) is 11.8. The number of halogens is 1. The van der Waals surface area contributed by atoms with Gasteiger partial charge in [0.15, 0.2) is 0 Å². The first kappa shape index (κ1) is 12.4. The minimum Gasteiger partial charge on any atom is -0.351 e. The summed E-state index contributed by atoms with van der Waals surface area (Å²) in [6.45, 7) is 1.22. The van der Waals surface area contributed by atoms with E-state index in [1.807, 2.05) is 24.3 Å². The van der Waals surface area contributed by atoms with Gasteiger partial charge in [0.05, 0.1) is 6.04 Å². The lowest BCUT2D eigenvalue weighted by molar-refractivity contribution is -0.122. The molecule has 0 aliphatic carbocycles. The van der Waals surface area contributed by atoms with Gasteiger partial charge in [-0.2, -0.15) is 0 Å². The van der Waals surface area contributed by atoms with Crippen LogP contribution in [0.1, 0.15) is 12.0 Å². The molecule has 5 heteroatoms. The third kappa shape index (κ3) is 3.43. The molecule has 1 saturated heterocycles. The molecular weight excluding hydrogens is 238 g/mol. The highest BCUT2D eigenvalue weighted by atomic mass is 35.5. The van der Waals surface area contributed by atoms with Gasteiger partial charge in [0.25, 0.3) is 0 Å². The monoisotopic (exact) mass is 253 g/mol. The fraction of sp³-hybridized carbons (Fsp3) is 0.417. The van der Waals surface area contributed by atoms with E-state index in [4.69, 9.17) is 17.3 Å². The molecule has 1 amide bonds. The Balaban J connectivity index is 1.82. The van der Waals surface area contributed by atoms with E-state index < -0.39 is 0 Å². The maximum absolute atomic E-state index is 11.8. The Bertz CT molecular complexity index is 393. The topological polar surface area (TPSA) is 67.1 Å². The molecule has 0 radical (unpaired) electrons. The van der Waals surface area contributed by atoms with Crippen molar-refractivity contribution in [1.82, 2.24) is 10.6 Å². The molecular formula is C12H16ClN3O. The van der Waals surface area contributed by atoms with Gasteiger partial charge in [0, 0.05) is 24.2 Å². The summed E-state index contributed by atoms with van der Waals surface area (Å²) in [5, 5.41) is 6.67. The first-order valence-corrected chi connectivity index (χ1v) is 6.04. The molecule has 1 aromatic carbocycles. The average molecular weight is 254 g/mol. The Kier molecular flexibility index (Phi) is 3.99. The second-order valence-corrected chi connectivity index (χ2v) is 4.74. The summed E-state index contributed by atoms with van der Waals surface area (Å²) in [5.41, 5.74) is 6.76. The Morgan fingerprint density at radius 3 is 2.76 bits per heavy atom. The Labute approximate surface area is 106 Å². The highest BCUT2D eigenvalue weighted by molar-refractivity contribution is 6.30. The minimum absolute atomic E-state index is 0.00731. The van der Waals surface area contributed by atoms with Crippen molar-refractivity contribution in [2.24, 2.45) is 5.73 Å². The van der Waals surface area contributed by atoms with E-state index in [1.54, 1.807) is 0 Å². The molecule has 0 saturated carbocycles. The Morgan fingerprint density at radius 1 is 1.47 bits per heavy atom. The molecule has 0 aromatic heterocycles. The molecule has 17 heavy (non-hydrogen) atoms. The number of carbonyl (C=O) groups excluding carboxylic acids is 1. The normalized spacial score (nSPS) is 23.6. The maximum Gasteiger partial charge on any atom is 0.237 e. The zero-order valence-electron chi connectivity index (χ0n) is 9.45. The lowest BCUT2D eigenvalue weighted by atomic mass is 10.1. The van der Waals surface area contributed by atoms with Crippen LogP contribution in [0.3, 0.4) is 0 Å². The smallest absolute Gasteiger partial charge is 0.237 e. The molecule has 0 spiro atoms. The van der Waals surface area contributed by atoms with Crippen molar-refractivity contribution in [2.75, 3.05) is 6.54 Å². The van der Waals surface area contributed by atoms with Crippen LogP contribution < -0.4 is 16.4 Å². The molecule has 0 bridgehead atoms. The van der Waals surface area contributed by atoms with Gasteiger partial charge < -0.3 is 16.4 Å². The van der Waals surface area contributed by atoms with E-state index in [0.29, 0.717) is 24.5 Å². The highest BCUT2D eigenvalue weighted by Gasteiger charge is 2.26. The lowest BCUT2D eigenvalue weighted by Crippen LogP contribution is -2.39. The number of benzene rings is 1. The van der Waals surface area contributed by atoms with Crippen LogP contribution in [-0.2, 0) is 11.3 Å². The van der Waals surface area contributed by atoms with E-state index in [1.165, 1.54) is 0 Å². The van der Waals surface area contributed by atoms with Crippen LogP contribution in [0.2, 0.25) is 5.02 Å². The third-order valence-electron chi connectivity index (χ3n) is 2.86. The van der Waals surface area contributed by atoms with Crippen molar-refractivity contribution in [3.63, 3.8) is 0 Å². The van der Waals surface area contributed by atoms with Crippen molar-refractivity contribution >= 4 is 17.5 Å². The lowest BCUT2D eigenvalue weighted by Gasteiger charge is -2.11. The molecule has 4 N–H and O–H groups in total. The highest BCUT2D eigenvalue weighted by Crippen LogP contribution is 2.09. The van der Waals surface area contributed by atoms with E-state index >= 15 is 0 Å². The minimum atomic E-state index is -0.155. The predicted molar refractivity (Wildman–Crippen MR) is 67.7 cm³/mol. The molecule has 2 rings (SSSR count). The quantitative estimate of drug-likeness (QED) is 0.741. The van der Waals surface area contributed by atoms with Crippen molar-refractivity contribution in [3.05, 3.63) is 34.9 Å².